The molecule has 1 aromatic rings. The maximum atomic E-state index is 9.81. The maximum absolute atomic E-state index is 9.81. The highest BCUT2D eigenvalue weighted by Crippen LogP contribution is 1.92. The lowest BCUT2D eigenvalue weighted by atomic mass is 10.2. The van der Waals surface area contributed by atoms with E-state index in [-0.39, 0.29) is 11.6 Å². The summed E-state index contributed by atoms with van der Waals surface area (Å²) in [6.07, 6.45) is 1.33. The number of rotatable bonds is 2. The van der Waals surface area contributed by atoms with Gasteiger partial charge in [0.1, 0.15) is 11.6 Å². The fourth-order valence-corrected chi connectivity index (χ4v) is 0.534. The van der Waals surface area contributed by atoms with Gasteiger partial charge in [-0.1, -0.05) is 49.7 Å². The van der Waals surface area contributed by atoms with Crippen LogP contribution in [-0.4, -0.2) is 11.6 Å². The van der Waals surface area contributed by atoms with Gasteiger partial charge in [0.05, 0.1) is 0 Å². The second-order valence-corrected chi connectivity index (χ2v) is 3.77. The van der Waals surface area contributed by atoms with Crippen molar-refractivity contribution in [1.29, 1.82) is 0 Å². The van der Waals surface area contributed by atoms with Crippen molar-refractivity contribution in [1.82, 2.24) is 0 Å². The highest BCUT2D eigenvalue weighted by Gasteiger charge is 1.77. The summed E-state index contributed by atoms with van der Waals surface area (Å²) in [5.74, 6) is 0.509. The summed E-state index contributed by atoms with van der Waals surface area (Å²) >= 11 is 0. The van der Waals surface area contributed by atoms with Crippen LogP contribution in [-0.2, 0) is 9.59 Å². The van der Waals surface area contributed by atoms with Gasteiger partial charge in [-0.2, -0.15) is 0 Å². The second-order valence-electron chi connectivity index (χ2n) is 3.77. The molecule has 0 aliphatic rings. The van der Waals surface area contributed by atoms with Gasteiger partial charge < -0.3 is 9.59 Å². The minimum atomic E-state index is 0.255. The molecule has 0 fully saturated rings. The molecule has 0 spiro atoms. The van der Waals surface area contributed by atoms with Crippen LogP contribution in [0.3, 0.4) is 0 Å². The Balaban J connectivity index is 0. The molecule has 0 aliphatic carbocycles. The van der Waals surface area contributed by atoms with Gasteiger partial charge in [0, 0.05) is 12.8 Å². The lowest BCUT2D eigenvalue weighted by Crippen LogP contribution is -1.80. The quantitative estimate of drug-likeness (QED) is 0.778. The lowest BCUT2D eigenvalue weighted by Gasteiger charge is -1.82. The molecule has 96 valence electrons. The molecule has 0 heterocycles. The molecule has 0 saturated carbocycles. The first-order valence-corrected chi connectivity index (χ1v) is 5.94. The molecule has 0 N–H and O–H groups in total. The molecule has 2 nitrogen and oxygen atoms in total. The van der Waals surface area contributed by atoms with Crippen molar-refractivity contribution in [3.8, 4) is 0 Å². The number of carbonyl (C=O) groups is 2. The molecule has 1 aromatic carbocycles. The van der Waals surface area contributed by atoms with Crippen molar-refractivity contribution in [2.75, 3.05) is 0 Å². The number of hydrogen-bond donors (Lipinski definition) is 0. The van der Waals surface area contributed by atoms with Crippen molar-refractivity contribution < 1.29 is 9.59 Å². The first-order chi connectivity index (χ1) is 7.93. The lowest BCUT2D eigenvalue weighted by molar-refractivity contribution is -0.117. The van der Waals surface area contributed by atoms with Gasteiger partial charge in [-0.3, -0.25) is 0 Å². The van der Waals surface area contributed by atoms with Crippen molar-refractivity contribution in [3.05, 3.63) is 35.9 Å². The van der Waals surface area contributed by atoms with E-state index in [1.807, 2.05) is 32.0 Å². The Bertz CT molecular complexity index is 288. The third-order valence-electron chi connectivity index (χ3n) is 1.94. The monoisotopic (exact) mass is 236 g/mol. The zero-order valence-corrected chi connectivity index (χ0v) is 11.6. The van der Waals surface area contributed by atoms with Gasteiger partial charge in [-0.05, 0) is 20.8 Å². The van der Waals surface area contributed by atoms with Gasteiger partial charge in [0.25, 0.3) is 0 Å². The molecule has 0 aromatic heterocycles. The molecule has 0 aliphatic heterocycles. The normalized spacial score (nSPS) is 8.06. The smallest absolute Gasteiger partial charge is 0.129 e. The van der Waals surface area contributed by atoms with Crippen LogP contribution < -0.4 is 0 Å². The predicted octanol–water partition coefficient (Wildman–Crippen LogP) is 3.97. The first kappa shape index (κ1) is 17.9. The van der Waals surface area contributed by atoms with Crippen molar-refractivity contribution >= 4 is 11.6 Å². The summed E-state index contributed by atoms with van der Waals surface area (Å²) in [6, 6.07) is 10.3. The Hall–Kier alpha value is -1.44. The highest BCUT2D eigenvalue weighted by molar-refractivity contribution is 5.75. The Labute approximate surface area is 105 Å². The third-order valence-corrected chi connectivity index (χ3v) is 1.94. The Morgan fingerprint density at radius 3 is 1.29 bits per heavy atom. The molecule has 2 heteroatoms. The SMILES string of the molecule is CCC(C)=O.CCC(C)=O.Cc1ccccc1. The highest BCUT2D eigenvalue weighted by atomic mass is 16.1. The van der Waals surface area contributed by atoms with E-state index in [4.69, 9.17) is 0 Å². The van der Waals surface area contributed by atoms with Crippen LogP contribution >= 0.6 is 0 Å². The van der Waals surface area contributed by atoms with E-state index in [0.29, 0.717) is 12.8 Å². The van der Waals surface area contributed by atoms with Crippen LogP contribution in [0, 0.1) is 6.92 Å². The predicted molar refractivity (Wildman–Crippen MR) is 73.1 cm³/mol. The van der Waals surface area contributed by atoms with Gasteiger partial charge in [-0.25, -0.2) is 0 Å². The van der Waals surface area contributed by atoms with Crippen molar-refractivity contribution in [2.45, 2.75) is 47.5 Å². The van der Waals surface area contributed by atoms with Gasteiger partial charge in [0.15, 0.2) is 0 Å². The Morgan fingerprint density at radius 1 is 0.882 bits per heavy atom. The standard InChI is InChI=1S/C7H8.2C4H8O/c1-7-5-3-2-4-6-7;2*1-3-4(2)5/h2-6H,1H3;2*3H2,1-2H3. The first-order valence-electron chi connectivity index (χ1n) is 5.94. The fraction of sp³-hybridized carbons (Fsp3) is 0.467. The van der Waals surface area contributed by atoms with E-state index >= 15 is 0 Å². The largest absolute Gasteiger partial charge is 0.300 e. The zero-order valence-electron chi connectivity index (χ0n) is 11.6. The van der Waals surface area contributed by atoms with E-state index < -0.39 is 0 Å². The minimum absolute atomic E-state index is 0.255. The van der Waals surface area contributed by atoms with Gasteiger partial charge in [-0.15, -0.1) is 0 Å². The third kappa shape index (κ3) is 20.6. The van der Waals surface area contributed by atoms with Crippen LogP contribution in [0.4, 0.5) is 0 Å². The van der Waals surface area contributed by atoms with E-state index in [1.165, 1.54) is 5.56 Å². The van der Waals surface area contributed by atoms with Gasteiger partial charge in [0.2, 0.25) is 0 Å². The van der Waals surface area contributed by atoms with Crippen LogP contribution in [0.15, 0.2) is 30.3 Å². The summed E-state index contributed by atoms with van der Waals surface area (Å²) < 4.78 is 0. The van der Waals surface area contributed by atoms with Crippen LogP contribution in [0.5, 0.6) is 0 Å². The molecule has 0 atom stereocenters. The van der Waals surface area contributed by atoms with E-state index in [0.717, 1.165) is 0 Å². The van der Waals surface area contributed by atoms with Gasteiger partial charge >= 0.3 is 0 Å². The fourth-order valence-electron chi connectivity index (χ4n) is 0.534. The van der Waals surface area contributed by atoms with Crippen LogP contribution in [0.2, 0.25) is 0 Å². The number of aryl methyl sites for hydroxylation is 1. The van der Waals surface area contributed by atoms with Crippen molar-refractivity contribution in [3.63, 3.8) is 0 Å². The molecule has 0 amide bonds. The average Bonchev–Trinajstić information content (AvgIpc) is 2.31. The molecule has 0 saturated heterocycles. The molecule has 0 unspecified atom stereocenters. The maximum Gasteiger partial charge on any atom is 0.129 e. The second kappa shape index (κ2) is 12.6. The summed E-state index contributed by atoms with van der Waals surface area (Å²) in [6.45, 7) is 8.95. The summed E-state index contributed by atoms with van der Waals surface area (Å²) in [7, 11) is 0. The molecular formula is C15H24O2. The topological polar surface area (TPSA) is 34.1 Å². The molecule has 1 rings (SSSR count). The Morgan fingerprint density at radius 2 is 1.18 bits per heavy atom. The van der Waals surface area contributed by atoms with Crippen LogP contribution in [0.1, 0.15) is 46.1 Å². The number of ketones is 2. The summed E-state index contributed by atoms with van der Waals surface area (Å²) in [4.78, 5) is 19.6. The number of carbonyl (C=O) groups excluding carboxylic acids is 2. The summed E-state index contributed by atoms with van der Waals surface area (Å²) in [5, 5.41) is 0. The van der Waals surface area contributed by atoms with Crippen LogP contribution in [0.25, 0.3) is 0 Å². The number of benzene rings is 1. The molecular weight excluding hydrogens is 212 g/mol. The van der Waals surface area contributed by atoms with E-state index in [9.17, 15) is 9.59 Å². The number of Topliss-reactive ketones (excluding diaryl/α,β-unsaturated/α-hetero) is 2. The summed E-state index contributed by atoms with van der Waals surface area (Å²) in [5.41, 5.74) is 1.32. The molecule has 17 heavy (non-hydrogen) atoms. The Kier molecular flexibility index (Phi) is 13.3. The van der Waals surface area contributed by atoms with E-state index in [1.54, 1.807) is 13.8 Å². The molecule has 0 radical (unpaired) electrons. The van der Waals surface area contributed by atoms with Crippen molar-refractivity contribution in [2.24, 2.45) is 0 Å². The molecule has 0 bridgehead atoms. The zero-order chi connectivity index (χ0) is 13.7. The number of hydrogen-bond acceptors (Lipinski definition) is 2. The van der Waals surface area contributed by atoms with E-state index in [2.05, 4.69) is 19.1 Å². The minimum Gasteiger partial charge on any atom is -0.300 e. The average molecular weight is 236 g/mol.